The van der Waals surface area contributed by atoms with Crippen molar-refractivity contribution in [2.24, 2.45) is 10.8 Å². The lowest BCUT2D eigenvalue weighted by Crippen LogP contribution is -2.34. The van der Waals surface area contributed by atoms with Gasteiger partial charge in [0.05, 0.1) is 0 Å². The van der Waals surface area contributed by atoms with Crippen LogP contribution in [0.2, 0.25) is 0 Å². The van der Waals surface area contributed by atoms with Crippen LogP contribution in [0.1, 0.15) is 52.5 Å². The number of aromatic nitrogens is 2. The van der Waals surface area contributed by atoms with Gasteiger partial charge in [0.25, 0.3) is 5.97 Å². The molecule has 0 spiro atoms. The molecule has 1 saturated carbocycles. The number of aliphatic carboxylic acids is 2. The quantitative estimate of drug-likeness (QED) is 0.716. The smallest absolute Gasteiger partial charge is 0.322 e. The van der Waals surface area contributed by atoms with Gasteiger partial charge in [-0.05, 0) is 30.1 Å². The topological polar surface area (TPSA) is 116 Å². The van der Waals surface area contributed by atoms with Crippen molar-refractivity contribution in [2.45, 2.75) is 59.5 Å². The summed E-state index contributed by atoms with van der Waals surface area (Å²) in [6.45, 7) is 10.1. The van der Waals surface area contributed by atoms with Crippen molar-refractivity contribution in [1.29, 1.82) is 0 Å². The maximum Gasteiger partial charge on any atom is 0.322 e. The minimum atomic E-state index is -0.919. The Morgan fingerprint density at radius 2 is 1.81 bits per heavy atom. The number of likely N-dealkylation sites (tertiary alicyclic amines) is 1. The summed E-state index contributed by atoms with van der Waals surface area (Å²) in [5.74, 6) is -1.39. The van der Waals surface area contributed by atoms with Gasteiger partial charge in [0.15, 0.2) is 0 Å². The largest absolute Gasteiger partial charge is 0.481 e. The summed E-state index contributed by atoms with van der Waals surface area (Å²) in [6.07, 6.45) is 7.43. The molecule has 3 rings (SSSR count). The highest BCUT2D eigenvalue weighted by Crippen LogP contribution is 2.52. The van der Waals surface area contributed by atoms with Gasteiger partial charge in [0, 0.05) is 44.0 Å². The summed E-state index contributed by atoms with van der Waals surface area (Å²) >= 11 is 0. The summed E-state index contributed by atoms with van der Waals surface area (Å²) in [4.78, 5) is 30.5. The Bertz CT molecular complexity index is 673. The third-order valence-corrected chi connectivity index (χ3v) is 5.01. The molecule has 8 heteroatoms. The van der Waals surface area contributed by atoms with E-state index in [0.717, 1.165) is 25.6 Å². The number of hydrogen-bond donors (Lipinski definition) is 3. The number of anilines is 1. The van der Waals surface area contributed by atoms with E-state index >= 15 is 0 Å². The number of carbonyl (C=O) groups is 2. The molecule has 2 bridgehead atoms. The Morgan fingerprint density at radius 3 is 2.37 bits per heavy atom. The highest BCUT2D eigenvalue weighted by atomic mass is 16.4. The third-order valence-electron chi connectivity index (χ3n) is 5.01. The molecule has 2 aliphatic rings. The van der Waals surface area contributed by atoms with Gasteiger partial charge in [-0.25, -0.2) is 9.97 Å². The van der Waals surface area contributed by atoms with Gasteiger partial charge in [-0.2, -0.15) is 0 Å². The molecule has 1 aromatic rings. The molecule has 2 fully saturated rings. The SMILES string of the molecule is CC(=O)O.CC1(C)C[C@@H]2C[C@@](C)(CN2Cc2cnc(NCC(=O)O)nc2)C1. The van der Waals surface area contributed by atoms with Gasteiger partial charge in [0.1, 0.15) is 6.54 Å². The lowest BCUT2D eigenvalue weighted by Gasteiger charge is -2.39. The van der Waals surface area contributed by atoms with Crippen LogP contribution in [0.25, 0.3) is 0 Å². The lowest BCUT2D eigenvalue weighted by atomic mass is 9.65. The zero-order chi connectivity index (χ0) is 20.2. The van der Waals surface area contributed by atoms with Gasteiger partial charge in [0.2, 0.25) is 5.95 Å². The van der Waals surface area contributed by atoms with E-state index in [1.165, 1.54) is 19.3 Å². The Morgan fingerprint density at radius 1 is 1.22 bits per heavy atom. The van der Waals surface area contributed by atoms with E-state index in [1.54, 1.807) is 12.4 Å². The van der Waals surface area contributed by atoms with Crippen molar-refractivity contribution in [2.75, 3.05) is 18.4 Å². The number of rotatable bonds is 5. The van der Waals surface area contributed by atoms with Crippen LogP contribution in [0.3, 0.4) is 0 Å². The highest BCUT2D eigenvalue weighted by Gasteiger charge is 2.49. The summed E-state index contributed by atoms with van der Waals surface area (Å²) < 4.78 is 0. The van der Waals surface area contributed by atoms with E-state index in [-0.39, 0.29) is 6.54 Å². The monoisotopic (exact) mass is 378 g/mol. The van der Waals surface area contributed by atoms with Gasteiger partial charge < -0.3 is 15.5 Å². The first-order valence-corrected chi connectivity index (χ1v) is 9.18. The summed E-state index contributed by atoms with van der Waals surface area (Å²) in [7, 11) is 0. The number of hydrogen-bond acceptors (Lipinski definition) is 6. The zero-order valence-electron chi connectivity index (χ0n) is 16.5. The average Bonchev–Trinajstić information content (AvgIpc) is 2.74. The van der Waals surface area contributed by atoms with Crippen LogP contribution in [0.5, 0.6) is 0 Å². The third kappa shape index (κ3) is 6.46. The van der Waals surface area contributed by atoms with Crippen molar-refractivity contribution in [3.63, 3.8) is 0 Å². The number of carboxylic acid groups (broad SMARTS) is 2. The van der Waals surface area contributed by atoms with E-state index in [9.17, 15) is 4.79 Å². The molecule has 1 aromatic heterocycles. The Labute approximate surface area is 160 Å². The average molecular weight is 378 g/mol. The van der Waals surface area contributed by atoms with Crippen LogP contribution < -0.4 is 5.32 Å². The molecule has 150 valence electrons. The minimum Gasteiger partial charge on any atom is -0.481 e. The molecule has 0 aromatic carbocycles. The maximum atomic E-state index is 10.5. The Balaban J connectivity index is 0.000000596. The second-order valence-corrected chi connectivity index (χ2v) is 8.80. The molecule has 1 saturated heterocycles. The minimum absolute atomic E-state index is 0.166. The number of nitrogens with one attached hydrogen (secondary N) is 1. The second kappa shape index (κ2) is 8.21. The van der Waals surface area contributed by atoms with Crippen LogP contribution in [-0.2, 0) is 16.1 Å². The molecule has 0 radical (unpaired) electrons. The fourth-order valence-corrected chi connectivity index (χ4v) is 4.68. The van der Waals surface area contributed by atoms with Crippen molar-refractivity contribution < 1.29 is 19.8 Å². The molecule has 27 heavy (non-hydrogen) atoms. The molecular formula is C19H30N4O4. The normalized spacial score (nSPS) is 26.0. The summed E-state index contributed by atoms with van der Waals surface area (Å²) in [6, 6.07) is 0.647. The molecule has 0 amide bonds. The lowest BCUT2D eigenvalue weighted by molar-refractivity contribution is -0.135. The van der Waals surface area contributed by atoms with Crippen LogP contribution in [0.15, 0.2) is 12.4 Å². The number of nitrogens with zero attached hydrogens (tertiary/aromatic N) is 3. The molecular weight excluding hydrogens is 348 g/mol. The van der Waals surface area contributed by atoms with Gasteiger partial charge in [-0.3, -0.25) is 14.5 Å². The first kappa shape index (κ1) is 21.1. The van der Waals surface area contributed by atoms with Crippen molar-refractivity contribution in [1.82, 2.24) is 14.9 Å². The van der Waals surface area contributed by atoms with Crippen LogP contribution in [0, 0.1) is 10.8 Å². The zero-order valence-corrected chi connectivity index (χ0v) is 16.5. The van der Waals surface area contributed by atoms with Crippen LogP contribution in [-0.4, -0.2) is 56.2 Å². The first-order chi connectivity index (χ1) is 12.5. The van der Waals surface area contributed by atoms with E-state index in [0.29, 0.717) is 22.8 Å². The number of fused-ring (bicyclic) bond motifs is 2. The van der Waals surface area contributed by atoms with Crippen LogP contribution in [0.4, 0.5) is 5.95 Å². The van der Waals surface area contributed by atoms with Gasteiger partial charge in [-0.15, -0.1) is 0 Å². The second-order valence-electron chi connectivity index (χ2n) is 8.80. The van der Waals surface area contributed by atoms with Crippen molar-refractivity contribution in [3.8, 4) is 0 Å². The van der Waals surface area contributed by atoms with E-state index < -0.39 is 11.9 Å². The van der Waals surface area contributed by atoms with E-state index in [2.05, 4.69) is 41.0 Å². The molecule has 2 heterocycles. The standard InChI is InChI=1S/C17H26N4O2.C2H4O2/c1-16(2)4-13-5-17(3,10-16)11-21(13)9-12-6-18-15(19-7-12)20-8-14(22)23;1-2(3)4/h6-7,13H,4-5,8-11H2,1-3H3,(H,22,23)(H,18,19,20);1H3,(H,3,4)/t13-,17-;/m1./s1. The van der Waals surface area contributed by atoms with Gasteiger partial charge >= 0.3 is 5.97 Å². The molecule has 0 unspecified atom stereocenters. The van der Waals surface area contributed by atoms with Gasteiger partial charge in [-0.1, -0.05) is 20.8 Å². The molecule has 2 atom stereocenters. The Kier molecular flexibility index (Phi) is 6.41. The Hall–Kier alpha value is -2.22. The fraction of sp³-hybridized carbons (Fsp3) is 0.684. The molecule has 1 aliphatic heterocycles. The molecule has 1 aliphatic carbocycles. The summed E-state index contributed by atoms with van der Waals surface area (Å²) in [5, 5.41) is 18.7. The van der Waals surface area contributed by atoms with Crippen molar-refractivity contribution >= 4 is 17.9 Å². The first-order valence-electron chi connectivity index (χ1n) is 9.18. The van der Waals surface area contributed by atoms with Crippen LogP contribution >= 0.6 is 0 Å². The maximum absolute atomic E-state index is 10.5. The highest BCUT2D eigenvalue weighted by molar-refractivity contribution is 5.71. The number of carboxylic acids is 2. The van der Waals surface area contributed by atoms with E-state index in [4.69, 9.17) is 15.0 Å². The summed E-state index contributed by atoms with van der Waals surface area (Å²) in [5.41, 5.74) is 1.93. The molecule has 3 N–H and O–H groups in total. The van der Waals surface area contributed by atoms with Crippen molar-refractivity contribution in [3.05, 3.63) is 18.0 Å². The predicted octanol–water partition coefficient (Wildman–Crippen LogP) is 2.46. The molecule has 8 nitrogen and oxygen atoms in total. The fourth-order valence-electron chi connectivity index (χ4n) is 4.68. The van der Waals surface area contributed by atoms with E-state index in [1.807, 2.05) is 0 Å². The predicted molar refractivity (Wildman–Crippen MR) is 101 cm³/mol.